The molecule has 0 bridgehead atoms. The zero-order chi connectivity index (χ0) is 43.1. The number of benzene rings is 5. The van der Waals surface area contributed by atoms with Crippen LogP contribution in [0.4, 0.5) is 8.78 Å². The minimum absolute atomic E-state index is 0.0719. The van der Waals surface area contributed by atoms with Gasteiger partial charge in [0.15, 0.2) is 46.1 Å². The second kappa shape index (κ2) is 25.2. The second-order valence-electron chi connectivity index (χ2n) is 13.2. The topological polar surface area (TPSA) is 108 Å². The third-order valence-electron chi connectivity index (χ3n) is 8.73. The summed E-state index contributed by atoms with van der Waals surface area (Å²) >= 11 is 0. The Kier molecular flexibility index (Phi) is 19.5. The van der Waals surface area contributed by atoms with Crippen LogP contribution in [0.15, 0.2) is 103 Å². The summed E-state index contributed by atoms with van der Waals surface area (Å²) in [5.41, 5.74) is 3.23. The van der Waals surface area contributed by atoms with Gasteiger partial charge in [0.05, 0.1) is 33.5 Å². The molecule has 320 valence electrons. The van der Waals surface area contributed by atoms with Crippen LogP contribution in [-0.2, 0) is 38.5 Å². The van der Waals surface area contributed by atoms with Crippen molar-refractivity contribution in [3.8, 4) is 46.0 Å². The van der Waals surface area contributed by atoms with E-state index < -0.39 is 11.6 Å². The molecule has 5 aromatic carbocycles. The van der Waals surface area contributed by atoms with Crippen molar-refractivity contribution in [1.82, 2.24) is 0 Å². The third kappa shape index (κ3) is 15.5. The van der Waals surface area contributed by atoms with Crippen molar-refractivity contribution in [2.45, 2.75) is 72.8 Å². The molecule has 0 aromatic heterocycles. The van der Waals surface area contributed by atoms with Gasteiger partial charge in [-0.15, -0.1) is 0 Å². The van der Waals surface area contributed by atoms with Gasteiger partial charge in [-0.1, -0.05) is 56.3 Å². The lowest BCUT2D eigenvalue weighted by Crippen LogP contribution is -2.06. The molecular formula is C48H54F2O10. The van der Waals surface area contributed by atoms with Crippen LogP contribution in [0.5, 0.6) is 46.0 Å². The first-order chi connectivity index (χ1) is 29.2. The van der Waals surface area contributed by atoms with Gasteiger partial charge in [-0.2, -0.15) is 0 Å². The largest absolute Gasteiger partial charge is 0.493 e. The molecule has 0 aliphatic heterocycles. The summed E-state index contributed by atoms with van der Waals surface area (Å²) in [6, 6.07) is 29.8. The summed E-state index contributed by atoms with van der Waals surface area (Å²) in [5.74, 6) is 1.24. The Balaban J connectivity index is 0.000000270. The molecule has 12 heteroatoms. The number of halogens is 2. The average Bonchev–Trinajstić information content (AvgIpc) is 3.26. The minimum Gasteiger partial charge on any atom is -0.493 e. The van der Waals surface area contributed by atoms with Gasteiger partial charge in [0, 0.05) is 25.0 Å². The lowest BCUT2D eigenvalue weighted by molar-refractivity contribution is -0.144. The van der Waals surface area contributed by atoms with E-state index in [0.29, 0.717) is 73.8 Å². The Bertz CT molecular complexity index is 2090. The molecule has 5 rings (SSSR count). The highest BCUT2D eigenvalue weighted by atomic mass is 19.1. The van der Waals surface area contributed by atoms with Gasteiger partial charge in [0.25, 0.3) is 0 Å². The van der Waals surface area contributed by atoms with Crippen molar-refractivity contribution < 1.29 is 56.3 Å². The molecule has 0 spiro atoms. The fourth-order valence-electron chi connectivity index (χ4n) is 5.55. The van der Waals surface area contributed by atoms with Crippen molar-refractivity contribution in [3.63, 3.8) is 0 Å². The third-order valence-corrected chi connectivity index (χ3v) is 8.73. The standard InChI is InChI=1S/C27H29FO5.C21H25FO5/c1-3-20-12-14-25(26(17-20)32-19-21-9-6-5-7-10-21)33-24-15-13-22(18-23(24)28)31-16-8-11-27(29)30-4-2;1-4-15-8-10-19(20(13-15)24-3)27-18-11-9-16(14-17(18)22)26-12-6-7-21(23)25-5-2/h5-7,9-10,12-15,17-18H,3-4,8,11,16,19H2,1-2H3;8-11,13-14H,4-7,12H2,1-3H3. The van der Waals surface area contributed by atoms with E-state index in [-0.39, 0.29) is 42.9 Å². The number of hydrogen-bond acceptors (Lipinski definition) is 10. The molecule has 0 saturated heterocycles. The lowest BCUT2D eigenvalue weighted by atomic mass is 10.1. The second-order valence-corrected chi connectivity index (χ2v) is 13.2. The molecule has 0 atom stereocenters. The molecule has 0 unspecified atom stereocenters. The van der Waals surface area contributed by atoms with E-state index in [1.807, 2.05) is 61.5 Å². The number of rotatable bonds is 22. The highest BCUT2D eigenvalue weighted by Gasteiger charge is 2.14. The predicted molar refractivity (Wildman–Crippen MR) is 225 cm³/mol. The number of hydrogen-bond donors (Lipinski definition) is 0. The molecule has 0 N–H and O–H groups in total. The summed E-state index contributed by atoms with van der Waals surface area (Å²) < 4.78 is 72.5. The van der Waals surface area contributed by atoms with Crippen molar-refractivity contribution in [1.29, 1.82) is 0 Å². The number of carbonyl (C=O) groups excluding carboxylic acids is 2. The molecule has 0 fully saturated rings. The summed E-state index contributed by atoms with van der Waals surface area (Å²) in [6.45, 7) is 9.30. The Morgan fingerprint density at radius 3 is 1.42 bits per heavy atom. The van der Waals surface area contributed by atoms with E-state index >= 15 is 0 Å². The molecule has 60 heavy (non-hydrogen) atoms. The van der Waals surface area contributed by atoms with Crippen molar-refractivity contribution >= 4 is 11.9 Å². The van der Waals surface area contributed by atoms with Crippen LogP contribution in [0, 0.1) is 11.6 Å². The fourth-order valence-corrected chi connectivity index (χ4v) is 5.55. The molecule has 0 radical (unpaired) electrons. The highest BCUT2D eigenvalue weighted by molar-refractivity contribution is 5.69. The number of aryl methyl sites for hydroxylation is 2. The Hall–Kier alpha value is -6.30. The first-order valence-corrected chi connectivity index (χ1v) is 20.1. The van der Waals surface area contributed by atoms with E-state index in [4.69, 9.17) is 37.9 Å². The Morgan fingerprint density at radius 1 is 0.500 bits per heavy atom. The summed E-state index contributed by atoms with van der Waals surface area (Å²) in [6.07, 6.45) is 3.23. The molecule has 5 aromatic rings. The minimum atomic E-state index is -0.550. The van der Waals surface area contributed by atoms with Gasteiger partial charge in [-0.05, 0) is 105 Å². The molecule has 0 heterocycles. The molecule has 10 nitrogen and oxygen atoms in total. The quantitative estimate of drug-likeness (QED) is 0.0494. The van der Waals surface area contributed by atoms with Crippen LogP contribution in [0.3, 0.4) is 0 Å². The zero-order valence-electron chi connectivity index (χ0n) is 34.9. The van der Waals surface area contributed by atoms with E-state index in [0.717, 1.165) is 29.5 Å². The van der Waals surface area contributed by atoms with Gasteiger partial charge in [0.1, 0.15) is 18.1 Å². The van der Waals surface area contributed by atoms with E-state index in [1.54, 1.807) is 45.2 Å². The lowest BCUT2D eigenvalue weighted by Gasteiger charge is -2.15. The first kappa shape index (κ1) is 46.4. The normalized spacial score (nSPS) is 10.4. The maximum Gasteiger partial charge on any atom is 0.305 e. The number of ether oxygens (including phenoxy) is 8. The van der Waals surface area contributed by atoms with Crippen LogP contribution in [0.2, 0.25) is 0 Å². The summed E-state index contributed by atoms with van der Waals surface area (Å²) in [7, 11) is 1.55. The van der Waals surface area contributed by atoms with E-state index in [9.17, 15) is 18.4 Å². The Labute approximate surface area is 351 Å². The Morgan fingerprint density at radius 2 is 0.967 bits per heavy atom. The van der Waals surface area contributed by atoms with E-state index in [2.05, 4.69) is 6.92 Å². The van der Waals surface area contributed by atoms with Crippen molar-refractivity contribution in [2.75, 3.05) is 33.5 Å². The SMILES string of the molecule is CCOC(=O)CCCOc1ccc(Oc2ccc(CC)cc2OC)c(F)c1.CCOC(=O)CCCOc1ccc(Oc2ccc(CC)cc2OCc2ccccc2)c(F)c1. The highest BCUT2D eigenvalue weighted by Crippen LogP contribution is 2.36. The van der Waals surface area contributed by atoms with E-state index in [1.165, 1.54) is 24.3 Å². The number of carbonyl (C=O) groups is 2. The molecule has 0 aliphatic rings. The van der Waals surface area contributed by atoms with Crippen LogP contribution >= 0.6 is 0 Å². The van der Waals surface area contributed by atoms with Gasteiger partial charge in [-0.25, -0.2) is 8.78 Å². The molecule has 0 amide bonds. The molecule has 0 saturated carbocycles. The summed E-state index contributed by atoms with van der Waals surface area (Å²) in [5, 5.41) is 0. The maximum atomic E-state index is 14.7. The monoisotopic (exact) mass is 828 g/mol. The average molecular weight is 829 g/mol. The zero-order valence-corrected chi connectivity index (χ0v) is 34.9. The van der Waals surface area contributed by atoms with Gasteiger partial charge in [-0.3, -0.25) is 9.59 Å². The predicted octanol–water partition coefficient (Wildman–Crippen LogP) is 11.4. The first-order valence-electron chi connectivity index (χ1n) is 20.1. The van der Waals surface area contributed by atoms with Gasteiger partial charge in [0.2, 0.25) is 0 Å². The van der Waals surface area contributed by atoms with Crippen LogP contribution in [0.1, 0.15) is 70.1 Å². The fraction of sp³-hybridized carbons (Fsp3) is 0.333. The maximum absolute atomic E-state index is 14.7. The smallest absolute Gasteiger partial charge is 0.305 e. The number of methoxy groups -OCH3 is 1. The van der Waals surface area contributed by atoms with Crippen LogP contribution in [0.25, 0.3) is 0 Å². The van der Waals surface area contributed by atoms with Gasteiger partial charge >= 0.3 is 11.9 Å². The summed E-state index contributed by atoms with van der Waals surface area (Å²) in [4.78, 5) is 22.6. The van der Waals surface area contributed by atoms with Crippen molar-refractivity contribution in [2.24, 2.45) is 0 Å². The van der Waals surface area contributed by atoms with Gasteiger partial charge < -0.3 is 37.9 Å². The molecular weight excluding hydrogens is 775 g/mol. The number of esters is 2. The van der Waals surface area contributed by atoms with Crippen LogP contribution < -0.4 is 28.4 Å². The van der Waals surface area contributed by atoms with Crippen molar-refractivity contribution in [3.05, 3.63) is 131 Å². The van der Waals surface area contributed by atoms with Crippen LogP contribution in [-0.4, -0.2) is 45.5 Å². The molecule has 0 aliphatic carbocycles.